The van der Waals surface area contributed by atoms with E-state index in [4.69, 9.17) is 15.7 Å². The minimum absolute atomic E-state index is 0.105. The van der Waals surface area contributed by atoms with Crippen LogP contribution < -0.4 is 15.4 Å². The smallest absolute Gasteiger partial charge is 0.172 e. The molecule has 3 N–H and O–H groups in total. The first-order valence-corrected chi connectivity index (χ1v) is 6.43. The highest BCUT2D eigenvalue weighted by Crippen LogP contribution is 2.27. The van der Waals surface area contributed by atoms with E-state index in [1.165, 1.54) is 0 Å². The molecule has 1 aromatic rings. The highest BCUT2D eigenvalue weighted by molar-refractivity contribution is 6.02. The molecular formula is C14H23N3O2. The zero-order chi connectivity index (χ0) is 14.4. The lowest BCUT2D eigenvalue weighted by Crippen LogP contribution is -2.31. The Morgan fingerprint density at radius 2 is 2.21 bits per heavy atom. The van der Waals surface area contributed by atoms with Gasteiger partial charge in [0, 0.05) is 24.7 Å². The zero-order valence-electron chi connectivity index (χ0n) is 12.1. The Labute approximate surface area is 114 Å². The molecule has 1 unspecified atom stereocenters. The predicted octanol–water partition coefficient (Wildman–Crippen LogP) is 2.41. The average Bonchev–Trinajstić information content (AvgIpc) is 2.45. The molecule has 1 atom stereocenters. The summed E-state index contributed by atoms with van der Waals surface area (Å²) in [5, 5.41) is 12.0. The molecule has 0 saturated carbocycles. The van der Waals surface area contributed by atoms with E-state index in [2.05, 4.69) is 23.9 Å². The summed E-state index contributed by atoms with van der Waals surface area (Å²) in [6.45, 7) is 4.30. The molecule has 0 heterocycles. The summed E-state index contributed by atoms with van der Waals surface area (Å²) < 4.78 is 5.24. The second-order valence-electron chi connectivity index (χ2n) is 4.62. The van der Waals surface area contributed by atoms with Gasteiger partial charge in [-0.05, 0) is 25.5 Å². The molecule has 0 radical (unpaired) electrons. The fraction of sp³-hybridized carbons (Fsp3) is 0.500. The SMILES string of the molecule is CCCC(C)N(C)c1cc(OC)ccc1/C(N)=N/O. The van der Waals surface area contributed by atoms with Crippen molar-refractivity contribution < 1.29 is 9.94 Å². The summed E-state index contributed by atoms with van der Waals surface area (Å²) in [5.74, 6) is 0.855. The van der Waals surface area contributed by atoms with Gasteiger partial charge in [0.25, 0.3) is 0 Å². The number of amidine groups is 1. The van der Waals surface area contributed by atoms with Crippen LogP contribution in [0.5, 0.6) is 5.75 Å². The Kier molecular flexibility index (Phi) is 5.48. The maximum Gasteiger partial charge on any atom is 0.172 e. The molecule has 1 aromatic carbocycles. The number of benzene rings is 1. The number of rotatable bonds is 6. The van der Waals surface area contributed by atoms with Gasteiger partial charge in [-0.25, -0.2) is 0 Å². The van der Waals surface area contributed by atoms with Gasteiger partial charge in [0.05, 0.1) is 12.8 Å². The van der Waals surface area contributed by atoms with E-state index in [0.717, 1.165) is 24.3 Å². The van der Waals surface area contributed by atoms with Crippen LogP contribution in [0.3, 0.4) is 0 Å². The molecule has 0 aliphatic heterocycles. The van der Waals surface area contributed by atoms with Crippen LogP contribution in [-0.2, 0) is 0 Å². The fourth-order valence-corrected chi connectivity index (χ4v) is 2.05. The molecule has 0 spiro atoms. The molecule has 0 fully saturated rings. The molecule has 5 nitrogen and oxygen atoms in total. The monoisotopic (exact) mass is 265 g/mol. The molecule has 0 aliphatic carbocycles. The quantitative estimate of drug-likeness (QED) is 0.358. The maximum absolute atomic E-state index is 8.88. The minimum atomic E-state index is 0.105. The number of hydrogen-bond donors (Lipinski definition) is 2. The highest BCUT2D eigenvalue weighted by atomic mass is 16.5. The third-order valence-electron chi connectivity index (χ3n) is 3.34. The van der Waals surface area contributed by atoms with Crippen molar-refractivity contribution in [1.82, 2.24) is 0 Å². The standard InChI is InChI=1S/C14H23N3O2/c1-5-6-10(2)17(3)13-9-11(19-4)7-8-12(13)14(15)16-18/h7-10,18H,5-6H2,1-4H3,(H2,15,16). The first-order valence-electron chi connectivity index (χ1n) is 6.43. The van der Waals surface area contributed by atoms with Crippen LogP contribution >= 0.6 is 0 Å². The van der Waals surface area contributed by atoms with Crippen LogP contribution in [0.25, 0.3) is 0 Å². The van der Waals surface area contributed by atoms with Crippen molar-refractivity contribution in [3.8, 4) is 5.75 Å². The van der Waals surface area contributed by atoms with Gasteiger partial charge >= 0.3 is 0 Å². The summed E-state index contributed by atoms with van der Waals surface area (Å²) in [6, 6.07) is 5.87. The molecule has 0 aromatic heterocycles. The molecule has 5 heteroatoms. The van der Waals surface area contributed by atoms with E-state index in [9.17, 15) is 0 Å². The predicted molar refractivity (Wildman–Crippen MR) is 78.3 cm³/mol. The van der Waals surface area contributed by atoms with E-state index in [-0.39, 0.29) is 5.84 Å². The summed E-state index contributed by atoms with van der Waals surface area (Å²) in [5.41, 5.74) is 7.33. The van der Waals surface area contributed by atoms with E-state index < -0.39 is 0 Å². The van der Waals surface area contributed by atoms with Crippen molar-refractivity contribution in [2.75, 3.05) is 19.1 Å². The number of nitrogens with zero attached hydrogens (tertiary/aromatic N) is 2. The van der Waals surface area contributed by atoms with Crippen LogP contribution in [0.15, 0.2) is 23.4 Å². The summed E-state index contributed by atoms with van der Waals surface area (Å²) in [4.78, 5) is 2.12. The van der Waals surface area contributed by atoms with Gasteiger partial charge in [0.15, 0.2) is 5.84 Å². The first kappa shape index (κ1) is 15.1. The lowest BCUT2D eigenvalue weighted by atomic mass is 10.1. The molecule has 0 bridgehead atoms. The second-order valence-corrected chi connectivity index (χ2v) is 4.62. The Bertz CT molecular complexity index is 446. The van der Waals surface area contributed by atoms with Crippen molar-refractivity contribution in [2.45, 2.75) is 32.7 Å². The number of oxime groups is 1. The van der Waals surface area contributed by atoms with Crippen molar-refractivity contribution in [3.63, 3.8) is 0 Å². The van der Waals surface area contributed by atoms with Crippen LogP contribution in [-0.4, -0.2) is 31.2 Å². The third kappa shape index (κ3) is 3.53. The van der Waals surface area contributed by atoms with Crippen molar-refractivity contribution >= 4 is 11.5 Å². The number of hydrogen-bond acceptors (Lipinski definition) is 4. The van der Waals surface area contributed by atoms with Crippen LogP contribution in [0.1, 0.15) is 32.3 Å². The molecule has 1 rings (SSSR count). The summed E-state index contributed by atoms with van der Waals surface area (Å²) >= 11 is 0. The van der Waals surface area contributed by atoms with Crippen LogP contribution in [0, 0.1) is 0 Å². The van der Waals surface area contributed by atoms with Crippen molar-refractivity contribution in [3.05, 3.63) is 23.8 Å². The Morgan fingerprint density at radius 3 is 2.74 bits per heavy atom. The Hall–Kier alpha value is -1.91. The number of methoxy groups -OCH3 is 1. The minimum Gasteiger partial charge on any atom is -0.497 e. The summed E-state index contributed by atoms with van der Waals surface area (Å²) in [7, 11) is 3.63. The molecular weight excluding hydrogens is 242 g/mol. The van der Waals surface area contributed by atoms with Crippen LogP contribution in [0.2, 0.25) is 0 Å². The van der Waals surface area contributed by atoms with Gasteiger partial charge in [-0.2, -0.15) is 0 Å². The first-order chi connectivity index (χ1) is 9.04. The Morgan fingerprint density at radius 1 is 1.53 bits per heavy atom. The van der Waals surface area contributed by atoms with Gasteiger partial charge in [-0.15, -0.1) is 0 Å². The highest BCUT2D eigenvalue weighted by Gasteiger charge is 2.16. The van der Waals surface area contributed by atoms with E-state index in [0.29, 0.717) is 11.6 Å². The Balaban J connectivity index is 3.20. The summed E-state index contributed by atoms with van der Waals surface area (Å²) in [6.07, 6.45) is 2.18. The largest absolute Gasteiger partial charge is 0.497 e. The number of ether oxygens (including phenoxy) is 1. The lowest BCUT2D eigenvalue weighted by molar-refractivity contribution is 0.318. The van der Waals surface area contributed by atoms with E-state index in [1.54, 1.807) is 19.2 Å². The van der Waals surface area contributed by atoms with Crippen molar-refractivity contribution in [2.24, 2.45) is 10.9 Å². The van der Waals surface area contributed by atoms with Gasteiger partial charge in [-0.1, -0.05) is 18.5 Å². The van der Waals surface area contributed by atoms with Gasteiger partial charge in [0.1, 0.15) is 5.75 Å². The van der Waals surface area contributed by atoms with Crippen LogP contribution in [0.4, 0.5) is 5.69 Å². The van der Waals surface area contributed by atoms with Crippen molar-refractivity contribution in [1.29, 1.82) is 0 Å². The number of anilines is 1. The normalized spacial score (nSPS) is 13.2. The van der Waals surface area contributed by atoms with Gasteiger partial charge in [0.2, 0.25) is 0 Å². The molecule has 0 saturated heterocycles. The number of nitrogens with two attached hydrogens (primary N) is 1. The van der Waals surface area contributed by atoms with E-state index in [1.807, 2.05) is 13.1 Å². The fourth-order valence-electron chi connectivity index (χ4n) is 2.05. The lowest BCUT2D eigenvalue weighted by Gasteiger charge is -2.29. The molecule has 0 amide bonds. The second kappa shape index (κ2) is 6.87. The van der Waals surface area contributed by atoms with Gasteiger partial charge < -0.3 is 20.6 Å². The van der Waals surface area contributed by atoms with E-state index >= 15 is 0 Å². The molecule has 106 valence electrons. The topological polar surface area (TPSA) is 71.1 Å². The third-order valence-corrected chi connectivity index (χ3v) is 3.34. The molecule has 19 heavy (non-hydrogen) atoms. The zero-order valence-corrected chi connectivity index (χ0v) is 12.1. The maximum atomic E-state index is 8.88. The van der Waals surface area contributed by atoms with Gasteiger partial charge in [-0.3, -0.25) is 0 Å². The average molecular weight is 265 g/mol. The molecule has 0 aliphatic rings.